The Morgan fingerprint density at radius 2 is 1.10 bits per heavy atom. The second kappa shape index (κ2) is 11.3. The Labute approximate surface area is 356 Å². The predicted molar refractivity (Wildman–Crippen MR) is 257 cm³/mol. The molecule has 0 atom stereocenters. The number of aryl methyl sites for hydroxylation is 1. The lowest BCUT2D eigenvalue weighted by Crippen LogP contribution is -2.57. The first-order chi connectivity index (χ1) is 28.4. The Morgan fingerprint density at radius 3 is 1.78 bits per heavy atom. The van der Waals surface area contributed by atoms with Crippen LogP contribution in [0.15, 0.2) is 121 Å². The fourth-order valence-electron chi connectivity index (χ4n) is 11.9. The number of fused-ring (bicyclic) bond motifs is 13. The molecule has 7 aromatic carbocycles. The molecule has 0 bridgehead atoms. The van der Waals surface area contributed by atoms with E-state index >= 15 is 0 Å². The van der Waals surface area contributed by atoms with Crippen molar-refractivity contribution in [3.05, 3.63) is 160 Å². The summed E-state index contributed by atoms with van der Waals surface area (Å²) in [5.41, 5.74) is 26.8. The van der Waals surface area contributed by atoms with Gasteiger partial charge < -0.3 is 9.38 Å². The fourth-order valence-corrected chi connectivity index (χ4v) is 11.9. The first-order valence-electron chi connectivity index (χ1n) is 22.0. The maximum atomic E-state index is 2.75. The van der Waals surface area contributed by atoms with Crippen molar-refractivity contribution < 1.29 is 0 Å². The van der Waals surface area contributed by atoms with Crippen LogP contribution in [0.4, 0.5) is 17.1 Å². The molecule has 60 heavy (non-hydrogen) atoms. The van der Waals surface area contributed by atoms with Crippen molar-refractivity contribution in [1.29, 1.82) is 0 Å². The minimum absolute atomic E-state index is 0.00535. The van der Waals surface area contributed by atoms with E-state index in [1.165, 1.54) is 122 Å². The van der Waals surface area contributed by atoms with Crippen LogP contribution in [0, 0.1) is 6.92 Å². The number of nitrogens with zero attached hydrogens (tertiary/aromatic N) is 2. The van der Waals surface area contributed by atoms with E-state index in [4.69, 9.17) is 0 Å². The molecule has 294 valence electrons. The number of hydrogen-bond acceptors (Lipinski definition) is 1. The molecule has 0 saturated heterocycles. The summed E-state index contributed by atoms with van der Waals surface area (Å²) in [6, 6.07) is 48.0. The maximum Gasteiger partial charge on any atom is 0.333 e. The van der Waals surface area contributed by atoms with Gasteiger partial charge in [0.15, 0.2) is 0 Å². The van der Waals surface area contributed by atoms with Crippen LogP contribution in [-0.2, 0) is 21.7 Å². The normalized spacial score (nSPS) is 16.1. The predicted octanol–water partition coefficient (Wildman–Crippen LogP) is 13.7. The van der Waals surface area contributed by atoms with E-state index < -0.39 is 0 Å². The Morgan fingerprint density at radius 1 is 0.483 bits per heavy atom. The molecule has 0 amide bonds. The summed E-state index contributed by atoms with van der Waals surface area (Å²) < 4.78 is 2.75. The number of benzene rings is 7. The summed E-state index contributed by atoms with van der Waals surface area (Å²) in [6.45, 7) is 26.0. The van der Waals surface area contributed by atoms with Crippen molar-refractivity contribution in [2.75, 3.05) is 4.90 Å². The Kier molecular flexibility index (Phi) is 6.81. The van der Waals surface area contributed by atoms with Gasteiger partial charge in [0.25, 0.3) is 0 Å². The Hall–Kier alpha value is -5.80. The summed E-state index contributed by atoms with van der Waals surface area (Å²) in [7, 11) is 0. The van der Waals surface area contributed by atoms with Gasteiger partial charge in [-0.2, -0.15) is 0 Å². The molecule has 4 aliphatic rings. The van der Waals surface area contributed by atoms with Gasteiger partial charge in [0.2, 0.25) is 0 Å². The third-order valence-corrected chi connectivity index (χ3v) is 15.1. The van der Waals surface area contributed by atoms with Crippen LogP contribution in [0.25, 0.3) is 55.2 Å². The fraction of sp³-hybridized carbons (Fsp3) is 0.263. The van der Waals surface area contributed by atoms with E-state index in [1.54, 1.807) is 0 Å². The van der Waals surface area contributed by atoms with Crippen LogP contribution in [0.5, 0.6) is 0 Å². The first-order valence-corrected chi connectivity index (χ1v) is 22.0. The molecule has 2 nitrogen and oxygen atoms in total. The second-order valence-corrected chi connectivity index (χ2v) is 21.5. The van der Waals surface area contributed by atoms with Crippen molar-refractivity contribution in [1.82, 2.24) is 4.48 Å². The molecule has 8 aromatic rings. The number of hydrogen-bond donors (Lipinski definition) is 0. The molecule has 2 aliphatic carbocycles. The molecule has 0 spiro atoms. The molecule has 3 heterocycles. The zero-order valence-corrected chi connectivity index (χ0v) is 37.0. The molecular weight excluding hydrogens is 723 g/mol. The molecule has 0 unspecified atom stereocenters. The van der Waals surface area contributed by atoms with E-state index in [0.717, 1.165) is 0 Å². The van der Waals surface area contributed by atoms with Crippen LogP contribution in [-0.4, -0.2) is 11.3 Å². The van der Waals surface area contributed by atoms with E-state index in [0.29, 0.717) is 0 Å². The zero-order chi connectivity index (χ0) is 41.6. The van der Waals surface area contributed by atoms with Gasteiger partial charge in [-0.25, -0.2) is 0 Å². The van der Waals surface area contributed by atoms with Crippen molar-refractivity contribution in [3.8, 4) is 33.4 Å². The maximum absolute atomic E-state index is 2.75. The highest BCUT2D eigenvalue weighted by molar-refractivity contribution is 6.90. The van der Waals surface area contributed by atoms with Gasteiger partial charge in [-0.1, -0.05) is 142 Å². The SMILES string of the molecule is Cc1cc2c3c(c1)N(c1ccc4c(c1)-c1ccccc1C4(C)C)c1cc4c(cc1B3n1c3ccc(C(C)(C)C)cc3c3cc(C(C)(C)C)cc-2c31)C(C)(C)c1ccccc1-4. The summed E-state index contributed by atoms with van der Waals surface area (Å²) in [4.78, 5) is 2.64. The van der Waals surface area contributed by atoms with E-state index in [9.17, 15) is 0 Å². The number of aromatic nitrogens is 1. The van der Waals surface area contributed by atoms with E-state index in [2.05, 4.69) is 207 Å². The van der Waals surface area contributed by atoms with E-state index in [-0.39, 0.29) is 28.5 Å². The van der Waals surface area contributed by atoms with Crippen LogP contribution in [0.3, 0.4) is 0 Å². The summed E-state index contributed by atoms with van der Waals surface area (Å²) in [6.07, 6.45) is 0. The molecule has 0 N–H and O–H groups in total. The number of anilines is 3. The van der Waals surface area contributed by atoms with Gasteiger partial charge in [-0.3, -0.25) is 0 Å². The lowest BCUT2D eigenvalue weighted by molar-refractivity contribution is 0.590. The third-order valence-electron chi connectivity index (χ3n) is 15.1. The minimum atomic E-state index is -0.130. The van der Waals surface area contributed by atoms with Crippen LogP contribution in [0.1, 0.15) is 108 Å². The van der Waals surface area contributed by atoms with Crippen molar-refractivity contribution >= 4 is 56.6 Å². The molecule has 2 aliphatic heterocycles. The lowest BCUT2D eigenvalue weighted by atomic mass is 9.44. The van der Waals surface area contributed by atoms with Gasteiger partial charge in [0, 0.05) is 55.3 Å². The van der Waals surface area contributed by atoms with Crippen LogP contribution in [0.2, 0.25) is 0 Å². The van der Waals surface area contributed by atoms with Crippen LogP contribution >= 0.6 is 0 Å². The molecule has 1 aromatic heterocycles. The van der Waals surface area contributed by atoms with Crippen molar-refractivity contribution in [2.24, 2.45) is 0 Å². The molecule has 3 heteroatoms. The molecule has 0 saturated carbocycles. The highest BCUT2D eigenvalue weighted by atomic mass is 15.2. The topological polar surface area (TPSA) is 8.17 Å². The van der Waals surface area contributed by atoms with Gasteiger partial charge in [-0.05, 0) is 144 Å². The minimum Gasteiger partial charge on any atom is -0.375 e. The van der Waals surface area contributed by atoms with Gasteiger partial charge >= 0.3 is 6.85 Å². The molecular formula is C57H53BN2. The van der Waals surface area contributed by atoms with E-state index in [1.807, 2.05) is 0 Å². The second-order valence-electron chi connectivity index (χ2n) is 21.5. The summed E-state index contributed by atoms with van der Waals surface area (Å²) in [5, 5.41) is 2.72. The first kappa shape index (κ1) is 36.1. The molecule has 12 rings (SSSR count). The van der Waals surface area contributed by atoms with Crippen molar-refractivity contribution in [3.63, 3.8) is 0 Å². The monoisotopic (exact) mass is 776 g/mol. The molecule has 0 radical (unpaired) electrons. The van der Waals surface area contributed by atoms with Crippen LogP contribution < -0.4 is 15.8 Å². The Balaban J connectivity index is 1.23. The zero-order valence-electron chi connectivity index (χ0n) is 37.0. The van der Waals surface area contributed by atoms with Gasteiger partial charge in [-0.15, -0.1) is 0 Å². The van der Waals surface area contributed by atoms with Crippen molar-refractivity contribution in [2.45, 2.75) is 97.8 Å². The highest BCUT2D eigenvalue weighted by Crippen LogP contribution is 2.55. The lowest BCUT2D eigenvalue weighted by Gasteiger charge is -2.42. The molecule has 0 fully saturated rings. The third kappa shape index (κ3) is 4.51. The largest absolute Gasteiger partial charge is 0.375 e. The number of rotatable bonds is 1. The standard InChI is InChI=1S/C57H53BN2/c1-32-24-41-43-28-34(55(5,6)7)27-42-40-26-33(54(2,3)4)20-23-49(40)60(53(42)43)58-48-31-47-39(37-17-13-15-19-45(37)57(47,10)11)30-50(48)59(51(25-32)52(41)58)35-21-22-46-38(29-35)36-16-12-14-18-44(36)56(46,8)9/h12-31H,1-11H3. The highest BCUT2D eigenvalue weighted by Gasteiger charge is 2.46. The van der Waals surface area contributed by atoms with Gasteiger partial charge in [0.05, 0.1) is 0 Å². The van der Waals surface area contributed by atoms with Gasteiger partial charge in [0.1, 0.15) is 0 Å². The quantitative estimate of drug-likeness (QED) is 0.151. The average molecular weight is 777 g/mol. The average Bonchev–Trinajstić information content (AvgIpc) is 3.74. The smallest absolute Gasteiger partial charge is 0.333 e. The summed E-state index contributed by atoms with van der Waals surface area (Å²) >= 11 is 0. The summed E-state index contributed by atoms with van der Waals surface area (Å²) in [5.74, 6) is 0. The Bertz CT molecular complexity index is 3250.